The van der Waals surface area contributed by atoms with Crippen LogP contribution in [-0.4, -0.2) is 10.9 Å². The zero-order valence-corrected chi connectivity index (χ0v) is 9.71. The van der Waals surface area contributed by atoms with Gasteiger partial charge in [-0.25, -0.2) is 0 Å². The summed E-state index contributed by atoms with van der Waals surface area (Å²) in [5.41, 5.74) is 7.28. The molecule has 0 unspecified atom stereocenters. The van der Waals surface area contributed by atoms with E-state index >= 15 is 0 Å². The molecule has 3 N–H and O–H groups in total. The second-order valence-corrected chi connectivity index (χ2v) is 3.88. The smallest absolute Gasteiger partial charge is 0.185 e. The number of phenolic OH excluding ortho intramolecular Hbond substituents is 1. The summed E-state index contributed by atoms with van der Waals surface area (Å²) in [6.45, 7) is 0. The first kappa shape index (κ1) is 11.9. The van der Waals surface area contributed by atoms with Crippen LogP contribution < -0.4 is 5.73 Å². The minimum absolute atomic E-state index is 0.0431. The summed E-state index contributed by atoms with van der Waals surface area (Å²) in [5.74, 6) is -0.0243. The number of hydrogen-bond donors (Lipinski definition) is 2. The largest absolute Gasteiger partial charge is 0.506 e. The molecular weight excluding hydrogens is 226 g/mol. The summed E-state index contributed by atoms with van der Waals surface area (Å²) in [6.07, 6.45) is 3.16. The second-order valence-electron chi connectivity index (χ2n) is 3.88. The Bertz CT molecular complexity index is 589. The molecule has 2 rings (SSSR count). The Hall–Kier alpha value is -2.55. The standard InChI is InChI=1S/C15H13NO2/c16-13-10-11(7-9-15(13)18)6-8-14(17)12-4-2-1-3-5-12/h1-10,18H,16H2/b8-6+. The first-order valence-corrected chi connectivity index (χ1v) is 5.53. The third-order valence-corrected chi connectivity index (χ3v) is 2.54. The Morgan fingerprint density at radius 3 is 2.50 bits per heavy atom. The van der Waals surface area contributed by atoms with Gasteiger partial charge in [0.1, 0.15) is 5.75 Å². The zero-order chi connectivity index (χ0) is 13.0. The second kappa shape index (κ2) is 5.19. The van der Waals surface area contributed by atoms with Gasteiger partial charge in [0.25, 0.3) is 0 Å². The number of nitrogens with two attached hydrogens (primary N) is 1. The van der Waals surface area contributed by atoms with Crippen molar-refractivity contribution in [2.75, 3.05) is 5.73 Å². The van der Waals surface area contributed by atoms with Gasteiger partial charge in [-0.15, -0.1) is 0 Å². The van der Waals surface area contributed by atoms with Crippen molar-refractivity contribution in [2.24, 2.45) is 0 Å². The van der Waals surface area contributed by atoms with Crippen LogP contribution in [0, 0.1) is 0 Å². The van der Waals surface area contributed by atoms with Gasteiger partial charge < -0.3 is 10.8 Å². The van der Waals surface area contributed by atoms with Crippen LogP contribution in [0.4, 0.5) is 5.69 Å². The summed E-state index contributed by atoms with van der Waals surface area (Å²) in [5, 5.41) is 9.28. The van der Waals surface area contributed by atoms with Gasteiger partial charge in [0.15, 0.2) is 5.78 Å². The highest BCUT2D eigenvalue weighted by Gasteiger charge is 2.00. The van der Waals surface area contributed by atoms with E-state index < -0.39 is 0 Å². The van der Waals surface area contributed by atoms with Crippen LogP contribution in [0.3, 0.4) is 0 Å². The molecule has 0 aromatic heterocycles. The molecule has 0 heterocycles. The Morgan fingerprint density at radius 1 is 1.11 bits per heavy atom. The highest BCUT2D eigenvalue weighted by molar-refractivity contribution is 6.06. The Morgan fingerprint density at radius 2 is 1.83 bits per heavy atom. The topological polar surface area (TPSA) is 63.3 Å². The van der Waals surface area contributed by atoms with Gasteiger partial charge >= 0.3 is 0 Å². The molecule has 3 nitrogen and oxygen atoms in total. The fraction of sp³-hybridized carbons (Fsp3) is 0. The molecule has 0 atom stereocenters. The lowest BCUT2D eigenvalue weighted by atomic mass is 10.1. The van der Waals surface area contributed by atoms with Crippen LogP contribution in [-0.2, 0) is 0 Å². The van der Waals surface area contributed by atoms with Crippen molar-refractivity contribution in [1.82, 2.24) is 0 Å². The van der Waals surface area contributed by atoms with E-state index in [-0.39, 0.29) is 11.5 Å². The van der Waals surface area contributed by atoms with Gasteiger partial charge in [-0.3, -0.25) is 4.79 Å². The number of hydrogen-bond acceptors (Lipinski definition) is 3. The van der Waals surface area contributed by atoms with E-state index in [1.165, 1.54) is 12.1 Å². The molecule has 0 fully saturated rings. The lowest BCUT2D eigenvalue weighted by Gasteiger charge is -1.99. The summed E-state index contributed by atoms with van der Waals surface area (Å²) >= 11 is 0. The number of ketones is 1. The number of anilines is 1. The molecule has 0 saturated heterocycles. The molecule has 0 aliphatic heterocycles. The van der Waals surface area contributed by atoms with Gasteiger partial charge in [0.05, 0.1) is 5.69 Å². The average Bonchev–Trinajstić information content (AvgIpc) is 2.41. The molecule has 18 heavy (non-hydrogen) atoms. The third-order valence-electron chi connectivity index (χ3n) is 2.54. The van der Waals surface area contributed by atoms with E-state index in [2.05, 4.69) is 0 Å². The summed E-state index contributed by atoms with van der Waals surface area (Å²) in [7, 11) is 0. The number of benzene rings is 2. The lowest BCUT2D eigenvalue weighted by molar-refractivity contribution is 0.104. The maximum atomic E-state index is 11.8. The SMILES string of the molecule is Nc1cc(/C=C/C(=O)c2ccccc2)ccc1O. The molecule has 0 spiro atoms. The van der Waals surface area contributed by atoms with E-state index in [0.717, 1.165) is 5.56 Å². The average molecular weight is 239 g/mol. The number of nitrogen functional groups attached to an aromatic ring is 1. The molecule has 0 saturated carbocycles. The first-order chi connectivity index (χ1) is 8.66. The highest BCUT2D eigenvalue weighted by Crippen LogP contribution is 2.21. The summed E-state index contributed by atoms with van der Waals surface area (Å²) in [6, 6.07) is 13.8. The fourth-order valence-corrected chi connectivity index (χ4v) is 1.55. The van der Waals surface area contributed by atoms with Gasteiger partial charge in [-0.05, 0) is 23.8 Å². The van der Waals surface area contributed by atoms with Crippen molar-refractivity contribution >= 4 is 17.5 Å². The maximum absolute atomic E-state index is 11.8. The Labute approximate surface area is 105 Å². The van der Waals surface area contributed by atoms with Gasteiger partial charge in [-0.2, -0.15) is 0 Å². The third kappa shape index (κ3) is 2.77. The number of rotatable bonds is 3. The molecule has 0 aliphatic rings. The van der Waals surface area contributed by atoms with E-state index in [9.17, 15) is 9.90 Å². The van der Waals surface area contributed by atoms with Gasteiger partial charge in [-0.1, -0.05) is 42.5 Å². The van der Waals surface area contributed by atoms with Crippen LogP contribution in [0.5, 0.6) is 5.75 Å². The van der Waals surface area contributed by atoms with Gasteiger partial charge in [0, 0.05) is 5.56 Å². The number of carbonyl (C=O) groups excluding carboxylic acids is 1. The van der Waals surface area contributed by atoms with Gasteiger partial charge in [0.2, 0.25) is 0 Å². The van der Waals surface area contributed by atoms with Crippen LogP contribution in [0.25, 0.3) is 6.08 Å². The number of allylic oxidation sites excluding steroid dienone is 1. The van der Waals surface area contributed by atoms with Crippen molar-refractivity contribution in [1.29, 1.82) is 0 Å². The molecule has 0 aliphatic carbocycles. The summed E-state index contributed by atoms with van der Waals surface area (Å²) in [4.78, 5) is 11.8. The van der Waals surface area contributed by atoms with Crippen LogP contribution >= 0.6 is 0 Å². The minimum atomic E-state index is -0.0674. The van der Waals surface area contributed by atoms with Crippen molar-refractivity contribution < 1.29 is 9.90 Å². The Balaban J connectivity index is 2.16. The van der Waals surface area contributed by atoms with Crippen LogP contribution in [0.1, 0.15) is 15.9 Å². The maximum Gasteiger partial charge on any atom is 0.185 e. The van der Waals surface area contributed by atoms with E-state index in [0.29, 0.717) is 11.3 Å². The molecule has 0 radical (unpaired) electrons. The van der Waals surface area contributed by atoms with Crippen molar-refractivity contribution in [2.45, 2.75) is 0 Å². The van der Waals surface area contributed by atoms with E-state index in [1.807, 2.05) is 18.2 Å². The lowest BCUT2D eigenvalue weighted by Crippen LogP contribution is -1.93. The molecular formula is C15H13NO2. The predicted molar refractivity (Wildman–Crippen MR) is 72.3 cm³/mol. The Kier molecular flexibility index (Phi) is 3.44. The number of aromatic hydroxyl groups is 1. The quantitative estimate of drug-likeness (QED) is 0.374. The van der Waals surface area contributed by atoms with Crippen molar-refractivity contribution in [3.8, 4) is 5.75 Å². The molecule has 0 amide bonds. The minimum Gasteiger partial charge on any atom is -0.506 e. The number of phenols is 1. The first-order valence-electron chi connectivity index (χ1n) is 5.53. The molecule has 0 bridgehead atoms. The predicted octanol–water partition coefficient (Wildman–Crippen LogP) is 2.87. The molecule has 2 aromatic carbocycles. The van der Waals surface area contributed by atoms with Crippen LogP contribution in [0.15, 0.2) is 54.6 Å². The monoisotopic (exact) mass is 239 g/mol. The molecule has 2 aromatic rings. The summed E-state index contributed by atoms with van der Waals surface area (Å²) < 4.78 is 0. The highest BCUT2D eigenvalue weighted by atomic mass is 16.3. The van der Waals surface area contributed by atoms with Crippen molar-refractivity contribution in [3.05, 3.63) is 65.7 Å². The zero-order valence-electron chi connectivity index (χ0n) is 9.71. The van der Waals surface area contributed by atoms with Crippen molar-refractivity contribution in [3.63, 3.8) is 0 Å². The normalized spacial score (nSPS) is 10.7. The van der Waals surface area contributed by atoms with E-state index in [4.69, 9.17) is 5.73 Å². The van der Waals surface area contributed by atoms with E-state index in [1.54, 1.807) is 30.3 Å². The van der Waals surface area contributed by atoms with Crippen LogP contribution in [0.2, 0.25) is 0 Å². The molecule has 3 heteroatoms. The number of carbonyl (C=O) groups is 1. The molecule has 90 valence electrons. The fourth-order valence-electron chi connectivity index (χ4n) is 1.55.